The van der Waals surface area contributed by atoms with Gasteiger partial charge in [0, 0.05) is 11.1 Å². The summed E-state index contributed by atoms with van der Waals surface area (Å²) in [4.78, 5) is 0.829. The first kappa shape index (κ1) is 19.1. The minimum Gasteiger partial charge on any atom is -0.224 e. The van der Waals surface area contributed by atoms with Gasteiger partial charge in [-0.05, 0) is 35.1 Å². The molecule has 1 unspecified atom stereocenters. The highest BCUT2D eigenvalue weighted by Gasteiger charge is 2.32. The van der Waals surface area contributed by atoms with Crippen molar-refractivity contribution in [3.63, 3.8) is 0 Å². The Morgan fingerprint density at radius 1 is 1.00 bits per heavy atom. The fourth-order valence-electron chi connectivity index (χ4n) is 2.21. The Kier molecular flexibility index (Phi) is 5.25. The number of nitrogens with one attached hydrogen (secondary N) is 1. The van der Waals surface area contributed by atoms with E-state index < -0.39 is 25.9 Å². The molecule has 0 radical (unpaired) electrons. The molecule has 0 aliphatic carbocycles. The van der Waals surface area contributed by atoms with Gasteiger partial charge >= 0.3 is 0 Å². The van der Waals surface area contributed by atoms with Crippen LogP contribution in [0.15, 0.2) is 51.6 Å². The lowest BCUT2D eigenvalue weighted by molar-refractivity contribution is 0.308. The molecule has 1 N–H and O–H groups in total. The first-order valence-corrected chi connectivity index (χ1v) is 11.5. The number of rotatable bonds is 5. The molecule has 8 heteroatoms. The molecular weight excluding hydrogens is 366 g/mol. The van der Waals surface area contributed by atoms with E-state index in [0.717, 1.165) is 11.1 Å². The molecule has 1 atom stereocenters. The monoisotopic (exact) mass is 387 g/mol. The first-order chi connectivity index (χ1) is 10.9. The molecule has 2 aromatic rings. The van der Waals surface area contributed by atoms with E-state index in [0.29, 0.717) is 0 Å². The van der Waals surface area contributed by atoms with E-state index in [1.807, 2.05) is 38.3 Å². The lowest BCUT2D eigenvalue weighted by Crippen LogP contribution is -2.36. The van der Waals surface area contributed by atoms with Crippen LogP contribution in [0.3, 0.4) is 0 Å². The van der Waals surface area contributed by atoms with Crippen LogP contribution in [-0.2, 0) is 19.9 Å². The molecule has 0 aliphatic heterocycles. The summed E-state index contributed by atoms with van der Waals surface area (Å²) in [7, 11) is -7.34. The standard InChI is InChI=1S/C16H21NO4S3/c1-16(2,3)15(14-9-6-10-22-14)17-24(20,21)13-8-5-7-12(11-13)23(4,18)19/h5-11,15,17H,1-4H3. The van der Waals surface area contributed by atoms with Crippen LogP contribution in [0.2, 0.25) is 0 Å². The van der Waals surface area contributed by atoms with Crippen molar-refractivity contribution >= 4 is 31.2 Å². The predicted molar refractivity (Wildman–Crippen MR) is 96.4 cm³/mol. The van der Waals surface area contributed by atoms with Crippen molar-refractivity contribution in [1.82, 2.24) is 4.72 Å². The Labute approximate surface area is 147 Å². The van der Waals surface area contributed by atoms with Gasteiger partial charge in [0.1, 0.15) is 0 Å². The lowest BCUT2D eigenvalue weighted by atomic mass is 9.86. The summed E-state index contributed by atoms with van der Waals surface area (Å²) in [6.07, 6.45) is 1.05. The number of hydrogen-bond acceptors (Lipinski definition) is 5. The summed E-state index contributed by atoms with van der Waals surface area (Å²) in [5, 5.41) is 1.90. The maximum absolute atomic E-state index is 12.8. The second-order valence-electron chi connectivity index (χ2n) is 6.68. The van der Waals surface area contributed by atoms with Gasteiger partial charge in [0.2, 0.25) is 10.0 Å². The van der Waals surface area contributed by atoms with Crippen molar-refractivity contribution in [3.05, 3.63) is 46.7 Å². The Morgan fingerprint density at radius 3 is 2.12 bits per heavy atom. The van der Waals surface area contributed by atoms with Crippen LogP contribution >= 0.6 is 11.3 Å². The van der Waals surface area contributed by atoms with E-state index in [4.69, 9.17) is 0 Å². The molecular formula is C16H21NO4S3. The zero-order chi connectivity index (χ0) is 18.2. The fourth-order valence-corrected chi connectivity index (χ4v) is 5.52. The maximum Gasteiger partial charge on any atom is 0.241 e. The smallest absolute Gasteiger partial charge is 0.224 e. The Hall–Kier alpha value is -1.22. The Balaban J connectivity index is 2.44. The maximum atomic E-state index is 12.8. The van der Waals surface area contributed by atoms with Gasteiger partial charge in [-0.2, -0.15) is 0 Å². The molecule has 24 heavy (non-hydrogen) atoms. The fraction of sp³-hybridized carbons (Fsp3) is 0.375. The highest BCUT2D eigenvalue weighted by Crippen LogP contribution is 2.36. The highest BCUT2D eigenvalue weighted by molar-refractivity contribution is 7.91. The first-order valence-electron chi connectivity index (χ1n) is 7.27. The minimum atomic E-state index is -3.86. The zero-order valence-corrected chi connectivity index (χ0v) is 16.4. The van der Waals surface area contributed by atoms with Gasteiger partial charge in [-0.25, -0.2) is 21.6 Å². The van der Waals surface area contributed by atoms with Gasteiger partial charge < -0.3 is 0 Å². The van der Waals surface area contributed by atoms with Gasteiger partial charge in [0.05, 0.1) is 15.8 Å². The molecule has 1 aromatic heterocycles. The van der Waals surface area contributed by atoms with Gasteiger partial charge in [-0.3, -0.25) is 0 Å². The normalized spacial score (nSPS) is 14.5. The molecule has 0 saturated heterocycles. The average Bonchev–Trinajstić information content (AvgIpc) is 2.96. The number of thiophene rings is 1. The van der Waals surface area contributed by atoms with E-state index in [1.165, 1.54) is 35.6 Å². The molecule has 0 amide bonds. The molecule has 2 rings (SSSR count). The topological polar surface area (TPSA) is 80.3 Å². The SMILES string of the molecule is CC(C)(C)C(NS(=O)(=O)c1cccc(S(C)(=O)=O)c1)c1cccs1. The van der Waals surface area contributed by atoms with Gasteiger partial charge in [0.25, 0.3) is 0 Å². The average molecular weight is 388 g/mol. The highest BCUT2D eigenvalue weighted by atomic mass is 32.2. The van der Waals surface area contributed by atoms with Crippen LogP contribution in [0.5, 0.6) is 0 Å². The number of sulfonamides is 1. The summed E-state index contributed by atoms with van der Waals surface area (Å²) in [5.41, 5.74) is -0.341. The molecule has 0 spiro atoms. The second kappa shape index (κ2) is 6.59. The van der Waals surface area contributed by atoms with Crippen molar-refractivity contribution in [2.24, 2.45) is 5.41 Å². The zero-order valence-electron chi connectivity index (χ0n) is 14.0. The molecule has 0 aliphatic rings. The summed E-state index contributed by atoms with van der Waals surface area (Å²) in [6.45, 7) is 5.85. The molecule has 0 bridgehead atoms. The van der Waals surface area contributed by atoms with Crippen LogP contribution in [0.4, 0.5) is 0 Å². The minimum absolute atomic E-state index is 0.0196. The molecule has 1 aromatic carbocycles. The molecule has 5 nitrogen and oxygen atoms in total. The summed E-state index contributed by atoms with van der Waals surface area (Å²) < 4.78 is 51.6. The van der Waals surface area contributed by atoms with Crippen LogP contribution in [-0.4, -0.2) is 23.1 Å². The molecule has 1 heterocycles. The van der Waals surface area contributed by atoms with E-state index in [9.17, 15) is 16.8 Å². The molecule has 0 fully saturated rings. The van der Waals surface area contributed by atoms with Crippen molar-refractivity contribution in [3.8, 4) is 0 Å². The van der Waals surface area contributed by atoms with E-state index >= 15 is 0 Å². The van der Waals surface area contributed by atoms with Crippen LogP contribution in [0, 0.1) is 5.41 Å². The van der Waals surface area contributed by atoms with Gasteiger partial charge in [-0.15, -0.1) is 11.3 Å². The van der Waals surface area contributed by atoms with Crippen molar-refractivity contribution in [1.29, 1.82) is 0 Å². The van der Waals surface area contributed by atoms with Crippen molar-refractivity contribution in [2.45, 2.75) is 36.6 Å². The number of hydrogen-bond donors (Lipinski definition) is 1. The largest absolute Gasteiger partial charge is 0.241 e. The van der Waals surface area contributed by atoms with Crippen LogP contribution in [0.1, 0.15) is 31.7 Å². The third kappa shape index (κ3) is 4.44. The van der Waals surface area contributed by atoms with Crippen LogP contribution in [0.25, 0.3) is 0 Å². The lowest BCUT2D eigenvalue weighted by Gasteiger charge is -2.30. The van der Waals surface area contributed by atoms with Crippen molar-refractivity contribution < 1.29 is 16.8 Å². The van der Waals surface area contributed by atoms with Crippen LogP contribution < -0.4 is 4.72 Å². The number of benzene rings is 1. The predicted octanol–water partition coefficient (Wildman–Crippen LogP) is 3.22. The third-order valence-electron chi connectivity index (χ3n) is 3.51. The second-order valence-corrected chi connectivity index (χ2v) is 11.4. The summed E-state index contributed by atoms with van der Waals surface area (Å²) >= 11 is 1.48. The quantitative estimate of drug-likeness (QED) is 0.854. The van der Waals surface area contributed by atoms with Gasteiger partial charge in [-0.1, -0.05) is 32.9 Å². The van der Waals surface area contributed by atoms with Gasteiger partial charge in [0.15, 0.2) is 9.84 Å². The van der Waals surface area contributed by atoms with E-state index in [1.54, 1.807) is 0 Å². The van der Waals surface area contributed by atoms with E-state index in [-0.39, 0.29) is 15.2 Å². The molecule has 0 saturated carbocycles. The number of sulfone groups is 1. The molecule has 132 valence electrons. The van der Waals surface area contributed by atoms with E-state index in [2.05, 4.69) is 4.72 Å². The van der Waals surface area contributed by atoms with Crippen molar-refractivity contribution in [2.75, 3.05) is 6.26 Å². The third-order valence-corrected chi connectivity index (χ3v) is 6.98. The summed E-state index contributed by atoms with van der Waals surface area (Å²) in [6, 6.07) is 8.74. The summed E-state index contributed by atoms with van der Waals surface area (Å²) in [5.74, 6) is 0. The Morgan fingerprint density at radius 2 is 1.62 bits per heavy atom. The Bertz CT molecular complexity index is 908.